The van der Waals surface area contributed by atoms with E-state index in [-0.39, 0.29) is 12.2 Å². The Hall–Kier alpha value is -0.0800. The number of aliphatic hydroxyl groups is 1. The van der Waals surface area contributed by atoms with Crippen molar-refractivity contribution >= 4 is 0 Å². The van der Waals surface area contributed by atoms with E-state index in [0.717, 1.165) is 13.0 Å². The van der Waals surface area contributed by atoms with E-state index < -0.39 is 0 Å². The minimum atomic E-state index is -0.148. The normalized spacial score (nSPS) is 12.0. The molecule has 0 fully saturated rings. The highest BCUT2D eigenvalue weighted by Gasteiger charge is 2.16. The first-order valence-electron chi connectivity index (χ1n) is 3.87. The lowest BCUT2D eigenvalue weighted by Gasteiger charge is -2.23. The third kappa shape index (κ3) is 4.77. The fourth-order valence-electron chi connectivity index (χ4n) is 0.720. The van der Waals surface area contributed by atoms with Crippen LogP contribution in [-0.4, -0.2) is 23.9 Å². The number of hydrogen-bond donors (Lipinski definition) is 1. The van der Waals surface area contributed by atoms with Crippen LogP contribution in [0, 0.1) is 0 Å². The van der Waals surface area contributed by atoms with E-state index in [4.69, 9.17) is 9.84 Å². The van der Waals surface area contributed by atoms with Gasteiger partial charge in [-0.3, -0.25) is 0 Å². The summed E-state index contributed by atoms with van der Waals surface area (Å²) in [4.78, 5) is 0. The third-order valence-corrected chi connectivity index (χ3v) is 1.41. The van der Waals surface area contributed by atoms with Gasteiger partial charge in [0.25, 0.3) is 0 Å². The smallest absolute Gasteiger partial charge is 0.0648 e. The minimum absolute atomic E-state index is 0.148. The number of hydrogen-bond acceptors (Lipinski definition) is 2. The highest BCUT2D eigenvalue weighted by atomic mass is 16.5. The van der Waals surface area contributed by atoms with Crippen molar-refractivity contribution in [2.75, 3.05) is 13.2 Å². The Morgan fingerprint density at radius 3 is 2.40 bits per heavy atom. The fourth-order valence-corrected chi connectivity index (χ4v) is 0.720. The van der Waals surface area contributed by atoms with Gasteiger partial charge in [0, 0.05) is 13.2 Å². The summed E-state index contributed by atoms with van der Waals surface area (Å²) in [5.41, 5.74) is -0.148. The average molecular weight is 146 g/mol. The van der Waals surface area contributed by atoms with Crippen LogP contribution in [0.25, 0.3) is 0 Å². The first-order valence-corrected chi connectivity index (χ1v) is 3.87. The zero-order chi connectivity index (χ0) is 8.04. The van der Waals surface area contributed by atoms with Gasteiger partial charge in [-0.1, -0.05) is 6.92 Å². The zero-order valence-electron chi connectivity index (χ0n) is 7.18. The number of ether oxygens (including phenoxy) is 1. The first-order chi connectivity index (χ1) is 4.62. The SMILES string of the molecule is CCCOC(C)(C)CCO. The molecule has 0 heterocycles. The monoisotopic (exact) mass is 146 g/mol. The van der Waals surface area contributed by atoms with Crippen molar-refractivity contribution in [3.8, 4) is 0 Å². The molecule has 0 atom stereocenters. The molecular formula is C8H18O2. The first kappa shape index (κ1) is 9.92. The topological polar surface area (TPSA) is 29.5 Å². The number of aliphatic hydroxyl groups excluding tert-OH is 1. The molecular weight excluding hydrogens is 128 g/mol. The summed E-state index contributed by atoms with van der Waals surface area (Å²) in [6, 6.07) is 0. The van der Waals surface area contributed by atoms with Gasteiger partial charge in [-0.05, 0) is 26.7 Å². The molecule has 0 aromatic carbocycles. The molecule has 0 aromatic heterocycles. The van der Waals surface area contributed by atoms with Crippen molar-refractivity contribution in [3.63, 3.8) is 0 Å². The van der Waals surface area contributed by atoms with Gasteiger partial charge in [-0.25, -0.2) is 0 Å². The molecule has 0 saturated carbocycles. The van der Waals surface area contributed by atoms with Crippen LogP contribution in [0.3, 0.4) is 0 Å². The standard InChI is InChI=1S/C8H18O2/c1-4-7-10-8(2,3)5-6-9/h9H,4-7H2,1-3H3. The second kappa shape index (κ2) is 4.69. The molecule has 2 heteroatoms. The van der Waals surface area contributed by atoms with Crippen LogP contribution in [0.2, 0.25) is 0 Å². The molecule has 0 rings (SSSR count). The maximum atomic E-state index is 8.62. The van der Waals surface area contributed by atoms with E-state index >= 15 is 0 Å². The van der Waals surface area contributed by atoms with Crippen LogP contribution in [0.15, 0.2) is 0 Å². The van der Waals surface area contributed by atoms with Gasteiger partial charge in [0.1, 0.15) is 0 Å². The molecule has 0 bridgehead atoms. The lowest BCUT2D eigenvalue weighted by atomic mass is 10.1. The lowest BCUT2D eigenvalue weighted by Crippen LogP contribution is -2.26. The van der Waals surface area contributed by atoms with E-state index in [2.05, 4.69) is 6.92 Å². The summed E-state index contributed by atoms with van der Waals surface area (Å²) in [6.07, 6.45) is 1.75. The lowest BCUT2D eigenvalue weighted by molar-refractivity contribution is -0.0321. The Morgan fingerprint density at radius 1 is 1.40 bits per heavy atom. The maximum absolute atomic E-state index is 8.62. The maximum Gasteiger partial charge on any atom is 0.0648 e. The van der Waals surface area contributed by atoms with Gasteiger partial charge in [0.2, 0.25) is 0 Å². The molecule has 0 aromatic rings. The van der Waals surface area contributed by atoms with Gasteiger partial charge >= 0.3 is 0 Å². The summed E-state index contributed by atoms with van der Waals surface area (Å²) >= 11 is 0. The largest absolute Gasteiger partial charge is 0.396 e. The van der Waals surface area contributed by atoms with Gasteiger partial charge in [0.05, 0.1) is 5.60 Å². The molecule has 62 valence electrons. The van der Waals surface area contributed by atoms with Crippen molar-refractivity contribution in [1.82, 2.24) is 0 Å². The molecule has 0 aliphatic carbocycles. The van der Waals surface area contributed by atoms with E-state index in [9.17, 15) is 0 Å². The Morgan fingerprint density at radius 2 is 2.00 bits per heavy atom. The van der Waals surface area contributed by atoms with Crippen LogP contribution in [-0.2, 0) is 4.74 Å². The summed E-state index contributed by atoms with van der Waals surface area (Å²) in [5.74, 6) is 0. The van der Waals surface area contributed by atoms with Crippen LogP contribution in [0.4, 0.5) is 0 Å². The van der Waals surface area contributed by atoms with Crippen LogP contribution in [0.5, 0.6) is 0 Å². The van der Waals surface area contributed by atoms with Crippen LogP contribution >= 0.6 is 0 Å². The summed E-state index contributed by atoms with van der Waals surface area (Å²) in [7, 11) is 0. The van der Waals surface area contributed by atoms with Crippen molar-refractivity contribution in [2.24, 2.45) is 0 Å². The van der Waals surface area contributed by atoms with Crippen molar-refractivity contribution < 1.29 is 9.84 Å². The third-order valence-electron chi connectivity index (χ3n) is 1.41. The van der Waals surface area contributed by atoms with Crippen molar-refractivity contribution in [1.29, 1.82) is 0 Å². The molecule has 0 amide bonds. The summed E-state index contributed by atoms with van der Waals surface area (Å²) < 4.78 is 5.46. The fraction of sp³-hybridized carbons (Fsp3) is 1.00. The molecule has 0 aliphatic rings. The van der Waals surface area contributed by atoms with E-state index in [1.807, 2.05) is 13.8 Å². The molecule has 10 heavy (non-hydrogen) atoms. The highest BCUT2D eigenvalue weighted by Crippen LogP contribution is 2.13. The molecule has 0 radical (unpaired) electrons. The predicted molar refractivity (Wildman–Crippen MR) is 42.0 cm³/mol. The quantitative estimate of drug-likeness (QED) is 0.638. The highest BCUT2D eigenvalue weighted by molar-refractivity contribution is 4.66. The summed E-state index contributed by atoms with van der Waals surface area (Å²) in [5, 5.41) is 8.62. The summed E-state index contributed by atoms with van der Waals surface area (Å²) in [6.45, 7) is 7.07. The number of rotatable bonds is 5. The van der Waals surface area contributed by atoms with Crippen LogP contribution < -0.4 is 0 Å². The van der Waals surface area contributed by atoms with Gasteiger partial charge < -0.3 is 9.84 Å². The average Bonchev–Trinajstić information content (AvgIpc) is 1.84. The molecule has 1 N–H and O–H groups in total. The molecule has 0 unspecified atom stereocenters. The Balaban J connectivity index is 3.42. The van der Waals surface area contributed by atoms with Gasteiger partial charge in [-0.15, -0.1) is 0 Å². The van der Waals surface area contributed by atoms with Gasteiger partial charge in [0.15, 0.2) is 0 Å². The second-order valence-electron chi connectivity index (χ2n) is 3.08. The minimum Gasteiger partial charge on any atom is -0.396 e. The molecule has 0 spiro atoms. The van der Waals surface area contributed by atoms with Crippen molar-refractivity contribution in [3.05, 3.63) is 0 Å². The van der Waals surface area contributed by atoms with Crippen LogP contribution in [0.1, 0.15) is 33.6 Å². The van der Waals surface area contributed by atoms with Gasteiger partial charge in [-0.2, -0.15) is 0 Å². The Bertz CT molecular complexity index is 79.3. The van der Waals surface area contributed by atoms with Crippen molar-refractivity contribution in [2.45, 2.75) is 39.2 Å². The Labute approximate surface area is 63.2 Å². The predicted octanol–water partition coefficient (Wildman–Crippen LogP) is 1.57. The zero-order valence-corrected chi connectivity index (χ0v) is 7.18. The second-order valence-corrected chi connectivity index (χ2v) is 3.08. The molecule has 2 nitrogen and oxygen atoms in total. The Kier molecular flexibility index (Phi) is 4.65. The molecule has 0 saturated heterocycles. The van der Waals surface area contributed by atoms with E-state index in [0.29, 0.717) is 6.42 Å². The van der Waals surface area contributed by atoms with E-state index in [1.54, 1.807) is 0 Å². The molecule has 0 aliphatic heterocycles. The van der Waals surface area contributed by atoms with E-state index in [1.165, 1.54) is 0 Å².